The molecule has 92 valence electrons. The molecule has 17 heavy (non-hydrogen) atoms. The minimum atomic E-state index is 0.274. The van der Waals surface area contributed by atoms with Crippen LogP contribution in [0.4, 0.5) is 0 Å². The van der Waals surface area contributed by atoms with Crippen molar-refractivity contribution in [3.05, 3.63) is 29.3 Å². The third kappa shape index (κ3) is 3.09. The maximum atomic E-state index is 12.0. The highest BCUT2D eigenvalue weighted by Gasteiger charge is 2.14. The molecule has 1 aromatic rings. The molecule has 2 heteroatoms. The minimum Gasteiger partial charge on any atom is -0.493 e. The van der Waals surface area contributed by atoms with Gasteiger partial charge in [-0.25, -0.2) is 0 Å². The average Bonchev–Trinajstić information content (AvgIpc) is 2.81. The van der Waals surface area contributed by atoms with Crippen LogP contribution in [0, 0.1) is 0 Å². The van der Waals surface area contributed by atoms with Gasteiger partial charge >= 0.3 is 0 Å². The normalized spacial score (nSPS) is 13.2. The number of Topliss-reactive ketones (excluding diaryl/α,β-unsaturated/α-hetero) is 1. The molecule has 1 aliphatic rings. The van der Waals surface area contributed by atoms with Crippen LogP contribution < -0.4 is 4.74 Å². The number of carbonyl (C=O) groups is 1. The van der Waals surface area contributed by atoms with Gasteiger partial charge in [0.25, 0.3) is 0 Å². The number of hydrogen-bond donors (Lipinski definition) is 0. The lowest BCUT2D eigenvalue weighted by atomic mass is 10.0. The van der Waals surface area contributed by atoms with Gasteiger partial charge in [0.15, 0.2) is 5.78 Å². The smallest absolute Gasteiger partial charge is 0.162 e. The second-order valence-electron chi connectivity index (χ2n) is 4.65. The van der Waals surface area contributed by atoms with Crippen LogP contribution in [0.3, 0.4) is 0 Å². The van der Waals surface area contributed by atoms with Crippen molar-refractivity contribution in [2.45, 2.75) is 45.4 Å². The van der Waals surface area contributed by atoms with Crippen LogP contribution in [-0.4, -0.2) is 12.4 Å². The van der Waals surface area contributed by atoms with Crippen LogP contribution >= 0.6 is 0 Å². The number of fused-ring (bicyclic) bond motifs is 1. The fourth-order valence-corrected chi connectivity index (χ4v) is 2.22. The summed E-state index contributed by atoms with van der Waals surface area (Å²) in [6.45, 7) is 2.94. The zero-order valence-corrected chi connectivity index (χ0v) is 10.5. The van der Waals surface area contributed by atoms with Crippen molar-refractivity contribution in [3.63, 3.8) is 0 Å². The first-order chi connectivity index (χ1) is 8.31. The molecule has 0 N–H and O–H groups in total. The van der Waals surface area contributed by atoms with Gasteiger partial charge in [0, 0.05) is 18.4 Å². The van der Waals surface area contributed by atoms with Crippen molar-refractivity contribution in [3.8, 4) is 5.75 Å². The molecule has 0 aromatic heterocycles. The van der Waals surface area contributed by atoms with E-state index in [4.69, 9.17) is 4.74 Å². The summed E-state index contributed by atoms with van der Waals surface area (Å²) in [4.78, 5) is 12.0. The molecule has 0 spiro atoms. The third-order valence-electron chi connectivity index (χ3n) is 3.27. The van der Waals surface area contributed by atoms with Gasteiger partial charge in [-0.15, -0.1) is 0 Å². The van der Waals surface area contributed by atoms with E-state index in [0.29, 0.717) is 6.42 Å². The number of ether oxygens (including phenoxy) is 1. The van der Waals surface area contributed by atoms with Crippen molar-refractivity contribution < 1.29 is 9.53 Å². The highest BCUT2D eigenvalue weighted by molar-refractivity contribution is 5.96. The molecule has 0 unspecified atom stereocenters. The van der Waals surface area contributed by atoms with E-state index in [1.165, 1.54) is 18.4 Å². The lowest BCUT2D eigenvalue weighted by molar-refractivity contribution is 0.0979. The second kappa shape index (κ2) is 5.85. The quantitative estimate of drug-likeness (QED) is 0.551. The number of hydrogen-bond acceptors (Lipinski definition) is 2. The second-order valence-corrected chi connectivity index (χ2v) is 4.65. The molecule has 1 aliphatic heterocycles. The summed E-state index contributed by atoms with van der Waals surface area (Å²) in [6.07, 6.45) is 6.23. The molecule has 0 saturated carbocycles. The zero-order valence-electron chi connectivity index (χ0n) is 10.5. The van der Waals surface area contributed by atoms with Crippen molar-refractivity contribution >= 4 is 5.78 Å². The topological polar surface area (TPSA) is 26.3 Å². The fourth-order valence-electron chi connectivity index (χ4n) is 2.22. The summed E-state index contributed by atoms with van der Waals surface area (Å²) in [5.41, 5.74) is 2.04. The van der Waals surface area contributed by atoms with E-state index in [1.54, 1.807) is 0 Å². The first-order valence-electron chi connectivity index (χ1n) is 6.60. The molecule has 2 nitrogen and oxygen atoms in total. The molecule has 1 aromatic carbocycles. The summed E-state index contributed by atoms with van der Waals surface area (Å²) >= 11 is 0. The molecule has 0 atom stereocenters. The summed E-state index contributed by atoms with van der Waals surface area (Å²) in [6, 6.07) is 5.83. The minimum absolute atomic E-state index is 0.274. The molecular formula is C15H20O2. The Bertz CT molecular complexity index is 396. The van der Waals surface area contributed by atoms with Crippen LogP contribution in [0.2, 0.25) is 0 Å². The molecule has 0 aliphatic carbocycles. The lowest BCUT2D eigenvalue weighted by Crippen LogP contribution is -1.99. The van der Waals surface area contributed by atoms with Gasteiger partial charge in [-0.2, -0.15) is 0 Å². The Kier molecular flexibility index (Phi) is 4.18. The van der Waals surface area contributed by atoms with Crippen molar-refractivity contribution in [2.24, 2.45) is 0 Å². The number of carbonyl (C=O) groups excluding carboxylic acids is 1. The molecule has 0 radical (unpaired) electrons. The third-order valence-corrected chi connectivity index (χ3v) is 3.27. The van der Waals surface area contributed by atoms with Crippen LogP contribution in [-0.2, 0) is 6.42 Å². The molecule has 1 heterocycles. The Morgan fingerprint density at radius 1 is 1.29 bits per heavy atom. The van der Waals surface area contributed by atoms with Crippen LogP contribution in [0.5, 0.6) is 5.75 Å². The first kappa shape index (κ1) is 12.2. The summed E-state index contributed by atoms with van der Waals surface area (Å²) in [5, 5.41) is 0. The highest BCUT2D eigenvalue weighted by Crippen LogP contribution is 2.26. The van der Waals surface area contributed by atoms with Crippen LogP contribution in [0.25, 0.3) is 0 Å². The number of ketones is 1. The van der Waals surface area contributed by atoms with E-state index in [-0.39, 0.29) is 5.78 Å². The summed E-state index contributed by atoms with van der Waals surface area (Å²) < 4.78 is 5.43. The van der Waals surface area contributed by atoms with E-state index >= 15 is 0 Å². The van der Waals surface area contributed by atoms with Gasteiger partial charge in [-0.1, -0.05) is 26.2 Å². The van der Waals surface area contributed by atoms with E-state index in [0.717, 1.165) is 37.2 Å². The lowest BCUT2D eigenvalue weighted by Gasteiger charge is -2.03. The standard InChI is InChI=1S/C15H20O2/c1-2-3-4-5-6-14(16)12-7-8-15-13(11-12)9-10-17-15/h7-8,11H,2-6,9-10H2,1H3. The number of rotatable bonds is 6. The molecule has 0 saturated heterocycles. The van der Waals surface area contributed by atoms with Gasteiger partial charge < -0.3 is 4.74 Å². The van der Waals surface area contributed by atoms with Crippen LogP contribution in [0.1, 0.15) is 54.9 Å². The van der Waals surface area contributed by atoms with Gasteiger partial charge in [-0.3, -0.25) is 4.79 Å². The van der Waals surface area contributed by atoms with Crippen LogP contribution in [0.15, 0.2) is 18.2 Å². The van der Waals surface area contributed by atoms with Crippen molar-refractivity contribution in [1.29, 1.82) is 0 Å². The molecule has 0 amide bonds. The monoisotopic (exact) mass is 232 g/mol. The van der Waals surface area contributed by atoms with E-state index in [2.05, 4.69) is 6.92 Å². The Balaban J connectivity index is 1.91. The highest BCUT2D eigenvalue weighted by atomic mass is 16.5. The van der Waals surface area contributed by atoms with Gasteiger partial charge in [0.1, 0.15) is 5.75 Å². The maximum Gasteiger partial charge on any atom is 0.162 e. The molecule has 0 fully saturated rings. The molecule has 2 rings (SSSR count). The Morgan fingerprint density at radius 2 is 2.18 bits per heavy atom. The van der Waals surface area contributed by atoms with Gasteiger partial charge in [0.05, 0.1) is 6.61 Å². The van der Waals surface area contributed by atoms with E-state index in [1.807, 2.05) is 18.2 Å². The summed E-state index contributed by atoms with van der Waals surface area (Å²) in [7, 11) is 0. The van der Waals surface area contributed by atoms with Crippen molar-refractivity contribution in [2.75, 3.05) is 6.61 Å². The first-order valence-corrected chi connectivity index (χ1v) is 6.60. The maximum absolute atomic E-state index is 12.0. The molecular weight excluding hydrogens is 212 g/mol. The summed E-state index contributed by atoms with van der Waals surface area (Å²) in [5.74, 6) is 1.23. The number of unbranched alkanes of at least 4 members (excludes halogenated alkanes) is 3. The van der Waals surface area contributed by atoms with E-state index < -0.39 is 0 Å². The fraction of sp³-hybridized carbons (Fsp3) is 0.533. The zero-order chi connectivity index (χ0) is 12.1. The predicted octanol–water partition coefficient (Wildman–Crippen LogP) is 3.77. The van der Waals surface area contributed by atoms with Gasteiger partial charge in [-0.05, 0) is 30.2 Å². The predicted molar refractivity (Wildman–Crippen MR) is 68.7 cm³/mol. The van der Waals surface area contributed by atoms with Crippen molar-refractivity contribution in [1.82, 2.24) is 0 Å². The average molecular weight is 232 g/mol. The Hall–Kier alpha value is -1.31. The number of benzene rings is 1. The Morgan fingerprint density at radius 3 is 3.00 bits per heavy atom. The van der Waals surface area contributed by atoms with E-state index in [9.17, 15) is 4.79 Å². The largest absolute Gasteiger partial charge is 0.493 e. The molecule has 0 bridgehead atoms. The van der Waals surface area contributed by atoms with Gasteiger partial charge in [0.2, 0.25) is 0 Å². The Labute approximate surface area is 103 Å². The SMILES string of the molecule is CCCCCCC(=O)c1ccc2c(c1)CCO2.